The fourth-order valence-electron chi connectivity index (χ4n) is 3.28. The lowest BCUT2D eigenvalue weighted by atomic mass is 10.1. The largest absolute Gasteiger partial charge is 0.393 e. The zero-order valence-electron chi connectivity index (χ0n) is 15.0. The fourth-order valence-corrected chi connectivity index (χ4v) is 3.28. The first-order valence-electron chi connectivity index (χ1n) is 9.00. The number of piperidine rings is 1. The lowest BCUT2D eigenvalue weighted by Crippen LogP contribution is -2.35. The molecule has 2 N–H and O–H groups in total. The second-order valence-electron chi connectivity index (χ2n) is 6.71. The molecular formula is C21H26N2O2. The Kier molecular flexibility index (Phi) is 5.39. The Morgan fingerprint density at radius 1 is 1.16 bits per heavy atom. The number of hydrogen-bond donors (Lipinski definition) is 2. The standard InChI is InChI=1S/C21H26N2O2/c1-3-16-14-18(7-4-15(16)2)22-21(25)17-5-8-19(9-6-17)23-12-10-20(24)11-13-23/h4-9,14,20,24H,3,10-13H2,1-2H3,(H,22,25). The molecule has 25 heavy (non-hydrogen) atoms. The molecule has 0 atom stereocenters. The van der Waals surface area contributed by atoms with Crippen LogP contribution in [0.1, 0.15) is 41.3 Å². The maximum atomic E-state index is 12.5. The molecule has 4 nitrogen and oxygen atoms in total. The van der Waals surface area contributed by atoms with E-state index in [4.69, 9.17) is 0 Å². The highest BCUT2D eigenvalue weighted by Gasteiger charge is 2.17. The summed E-state index contributed by atoms with van der Waals surface area (Å²) in [5.41, 5.74) is 5.09. The van der Waals surface area contributed by atoms with Crippen LogP contribution in [0.15, 0.2) is 42.5 Å². The van der Waals surface area contributed by atoms with Crippen molar-refractivity contribution >= 4 is 17.3 Å². The fraction of sp³-hybridized carbons (Fsp3) is 0.381. The van der Waals surface area contributed by atoms with Crippen LogP contribution in [-0.2, 0) is 6.42 Å². The van der Waals surface area contributed by atoms with Gasteiger partial charge in [0.1, 0.15) is 0 Å². The number of anilines is 2. The Labute approximate surface area is 149 Å². The molecule has 4 heteroatoms. The predicted octanol–water partition coefficient (Wildman–Crippen LogP) is 3.77. The van der Waals surface area contributed by atoms with Gasteiger partial charge in [-0.25, -0.2) is 0 Å². The number of aryl methyl sites for hydroxylation is 2. The Morgan fingerprint density at radius 3 is 2.48 bits per heavy atom. The molecular weight excluding hydrogens is 312 g/mol. The van der Waals surface area contributed by atoms with Crippen LogP contribution in [0.2, 0.25) is 0 Å². The second kappa shape index (κ2) is 7.70. The number of carbonyl (C=O) groups is 1. The van der Waals surface area contributed by atoms with Gasteiger partial charge in [-0.1, -0.05) is 13.0 Å². The summed E-state index contributed by atoms with van der Waals surface area (Å²) in [6.45, 7) is 5.92. The topological polar surface area (TPSA) is 52.6 Å². The molecule has 0 aliphatic carbocycles. The number of carbonyl (C=O) groups excluding carboxylic acids is 1. The summed E-state index contributed by atoms with van der Waals surface area (Å²) in [7, 11) is 0. The van der Waals surface area contributed by atoms with Gasteiger partial charge in [0.2, 0.25) is 0 Å². The minimum atomic E-state index is -0.177. The minimum absolute atomic E-state index is 0.0912. The van der Waals surface area contributed by atoms with E-state index in [2.05, 4.69) is 24.1 Å². The summed E-state index contributed by atoms with van der Waals surface area (Å²) < 4.78 is 0. The molecule has 1 saturated heterocycles. The van der Waals surface area contributed by atoms with Crippen LogP contribution in [0.5, 0.6) is 0 Å². The number of amides is 1. The molecule has 1 fully saturated rings. The molecule has 3 rings (SSSR count). The van der Waals surface area contributed by atoms with Crippen molar-refractivity contribution in [1.29, 1.82) is 0 Å². The molecule has 132 valence electrons. The summed E-state index contributed by atoms with van der Waals surface area (Å²) in [5.74, 6) is -0.0912. The number of benzene rings is 2. The smallest absolute Gasteiger partial charge is 0.255 e. The number of nitrogens with zero attached hydrogens (tertiary/aromatic N) is 1. The Balaban J connectivity index is 1.66. The van der Waals surface area contributed by atoms with Crippen LogP contribution in [0.25, 0.3) is 0 Å². The third-order valence-corrected chi connectivity index (χ3v) is 4.95. The third kappa shape index (κ3) is 4.20. The van der Waals surface area contributed by atoms with Crippen molar-refractivity contribution in [3.05, 3.63) is 59.2 Å². The SMILES string of the molecule is CCc1cc(NC(=O)c2ccc(N3CCC(O)CC3)cc2)ccc1C. The van der Waals surface area contributed by atoms with Crippen LogP contribution >= 0.6 is 0 Å². The highest BCUT2D eigenvalue weighted by molar-refractivity contribution is 6.04. The van der Waals surface area contributed by atoms with E-state index in [1.807, 2.05) is 42.5 Å². The van der Waals surface area contributed by atoms with Crippen molar-refractivity contribution in [2.75, 3.05) is 23.3 Å². The quantitative estimate of drug-likeness (QED) is 0.892. The van der Waals surface area contributed by atoms with Gasteiger partial charge in [0.25, 0.3) is 5.91 Å². The van der Waals surface area contributed by atoms with E-state index in [-0.39, 0.29) is 12.0 Å². The van der Waals surface area contributed by atoms with E-state index >= 15 is 0 Å². The molecule has 1 aliphatic rings. The number of hydrogen-bond acceptors (Lipinski definition) is 3. The summed E-state index contributed by atoms with van der Waals surface area (Å²) in [4.78, 5) is 14.7. The van der Waals surface area contributed by atoms with Crippen molar-refractivity contribution in [2.24, 2.45) is 0 Å². The number of aliphatic hydroxyl groups excluding tert-OH is 1. The zero-order chi connectivity index (χ0) is 17.8. The zero-order valence-corrected chi connectivity index (χ0v) is 15.0. The molecule has 0 unspecified atom stereocenters. The maximum absolute atomic E-state index is 12.5. The summed E-state index contributed by atoms with van der Waals surface area (Å²) in [5, 5.41) is 12.6. The van der Waals surface area contributed by atoms with Gasteiger partial charge < -0.3 is 15.3 Å². The van der Waals surface area contributed by atoms with Crippen LogP contribution in [0, 0.1) is 6.92 Å². The lowest BCUT2D eigenvalue weighted by Gasteiger charge is -2.31. The first-order chi connectivity index (χ1) is 12.1. The average Bonchev–Trinajstić information content (AvgIpc) is 2.64. The summed E-state index contributed by atoms with van der Waals surface area (Å²) in [6.07, 6.45) is 2.38. The van der Waals surface area contributed by atoms with Gasteiger partial charge >= 0.3 is 0 Å². The summed E-state index contributed by atoms with van der Waals surface area (Å²) in [6, 6.07) is 13.7. The lowest BCUT2D eigenvalue weighted by molar-refractivity contribution is 0.102. The van der Waals surface area contributed by atoms with E-state index in [0.717, 1.165) is 43.7 Å². The molecule has 0 saturated carbocycles. The molecule has 0 radical (unpaired) electrons. The first kappa shape index (κ1) is 17.5. The van der Waals surface area contributed by atoms with Gasteiger partial charge in [0, 0.05) is 30.0 Å². The number of nitrogens with one attached hydrogen (secondary N) is 1. The minimum Gasteiger partial charge on any atom is -0.393 e. The predicted molar refractivity (Wildman–Crippen MR) is 102 cm³/mol. The van der Waals surface area contributed by atoms with E-state index in [1.165, 1.54) is 11.1 Å². The normalized spacial score (nSPS) is 15.2. The van der Waals surface area contributed by atoms with Crippen molar-refractivity contribution in [3.63, 3.8) is 0 Å². The van der Waals surface area contributed by atoms with E-state index in [0.29, 0.717) is 5.56 Å². The van der Waals surface area contributed by atoms with Gasteiger partial charge in [0.15, 0.2) is 0 Å². The molecule has 1 aliphatic heterocycles. The Morgan fingerprint density at radius 2 is 1.84 bits per heavy atom. The monoisotopic (exact) mass is 338 g/mol. The molecule has 2 aromatic rings. The van der Waals surface area contributed by atoms with Gasteiger partial charge in [-0.2, -0.15) is 0 Å². The Hall–Kier alpha value is -2.33. The van der Waals surface area contributed by atoms with Crippen molar-refractivity contribution < 1.29 is 9.90 Å². The van der Waals surface area contributed by atoms with E-state index in [9.17, 15) is 9.90 Å². The van der Waals surface area contributed by atoms with Gasteiger partial charge in [-0.15, -0.1) is 0 Å². The average molecular weight is 338 g/mol. The van der Waals surface area contributed by atoms with Crippen molar-refractivity contribution in [3.8, 4) is 0 Å². The van der Waals surface area contributed by atoms with Crippen LogP contribution in [0.4, 0.5) is 11.4 Å². The van der Waals surface area contributed by atoms with Crippen LogP contribution in [-0.4, -0.2) is 30.2 Å². The first-order valence-corrected chi connectivity index (χ1v) is 9.00. The third-order valence-electron chi connectivity index (χ3n) is 4.95. The van der Waals surface area contributed by atoms with Crippen molar-refractivity contribution in [1.82, 2.24) is 0 Å². The second-order valence-corrected chi connectivity index (χ2v) is 6.71. The molecule has 1 heterocycles. The summed E-state index contributed by atoms with van der Waals surface area (Å²) >= 11 is 0. The van der Waals surface area contributed by atoms with Crippen LogP contribution < -0.4 is 10.2 Å². The maximum Gasteiger partial charge on any atom is 0.255 e. The number of aliphatic hydroxyl groups is 1. The molecule has 2 aromatic carbocycles. The molecule has 0 bridgehead atoms. The van der Waals surface area contributed by atoms with Crippen molar-refractivity contribution in [2.45, 2.75) is 39.2 Å². The molecule has 0 spiro atoms. The number of rotatable bonds is 4. The van der Waals surface area contributed by atoms with Crippen LogP contribution in [0.3, 0.4) is 0 Å². The van der Waals surface area contributed by atoms with Gasteiger partial charge in [0.05, 0.1) is 6.10 Å². The highest BCUT2D eigenvalue weighted by Crippen LogP contribution is 2.21. The van der Waals surface area contributed by atoms with E-state index < -0.39 is 0 Å². The molecule has 0 aromatic heterocycles. The van der Waals surface area contributed by atoms with Gasteiger partial charge in [-0.05, 0) is 73.7 Å². The molecule has 1 amide bonds. The highest BCUT2D eigenvalue weighted by atomic mass is 16.3. The van der Waals surface area contributed by atoms with E-state index in [1.54, 1.807) is 0 Å². The Bertz CT molecular complexity index is 732. The van der Waals surface area contributed by atoms with Gasteiger partial charge in [-0.3, -0.25) is 4.79 Å².